The molecule has 0 fully saturated rings. The summed E-state index contributed by atoms with van der Waals surface area (Å²) < 4.78 is 4.91. The number of nitrogens with zero attached hydrogens (tertiary/aromatic N) is 4. The molecule has 0 radical (unpaired) electrons. The Morgan fingerprint density at radius 3 is 1.48 bits per heavy atom. The van der Waals surface area contributed by atoms with Crippen LogP contribution >= 0.6 is 0 Å². The summed E-state index contributed by atoms with van der Waals surface area (Å²) in [5.74, 6) is 0.195. The van der Waals surface area contributed by atoms with E-state index in [9.17, 15) is 5.11 Å². The highest BCUT2D eigenvalue weighted by Crippen LogP contribution is 2.43. The van der Waals surface area contributed by atoms with E-state index < -0.39 is 0 Å². The molecule has 0 amide bonds. The van der Waals surface area contributed by atoms with Gasteiger partial charge in [0, 0.05) is 61.4 Å². The number of hydrogen-bond donors (Lipinski definition) is 1. The molecule has 0 bridgehead atoms. The van der Waals surface area contributed by atoms with Gasteiger partial charge in [0.2, 0.25) is 0 Å². The first-order valence-corrected chi connectivity index (χ1v) is 27.8. The van der Waals surface area contributed by atoms with E-state index in [0.717, 1.165) is 67.2 Å². The molecular formula is C74H70N4O. The topological polar surface area (TPSA) is 55.9 Å². The van der Waals surface area contributed by atoms with Crippen LogP contribution in [0.4, 0.5) is 0 Å². The van der Waals surface area contributed by atoms with Crippen molar-refractivity contribution in [3.63, 3.8) is 0 Å². The number of aromatic hydroxyl groups is 1. The fourth-order valence-electron chi connectivity index (χ4n) is 11.5. The Kier molecular flexibility index (Phi) is 12.2. The van der Waals surface area contributed by atoms with Crippen molar-refractivity contribution in [3.05, 3.63) is 223 Å². The molecule has 4 aromatic heterocycles. The van der Waals surface area contributed by atoms with Gasteiger partial charge in [0.05, 0.1) is 39.1 Å². The summed E-state index contributed by atoms with van der Waals surface area (Å²) in [4.78, 5) is 10.3. The van der Waals surface area contributed by atoms with Gasteiger partial charge < -0.3 is 14.2 Å². The molecule has 79 heavy (non-hydrogen) atoms. The van der Waals surface area contributed by atoms with Crippen LogP contribution in [0.2, 0.25) is 0 Å². The van der Waals surface area contributed by atoms with Crippen molar-refractivity contribution in [2.45, 2.75) is 105 Å². The van der Waals surface area contributed by atoms with Crippen molar-refractivity contribution in [3.8, 4) is 73.2 Å². The zero-order valence-corrected chi connectivity index (χ0v) is 47.8. The second-order valence-electron chi connectivity index (χ2n) is 25.8. The number of rotatable bonds is 7. The summed E-state index contributed by atoms with van der Waals surface area (Å²) in [6.07, 6.45) is 1.94. The maximum absolute atomic E-state index is 11.2. The third-order valence-electron chi connectivity index (χ3n) is 16.1. The summed E-state index contributed by atoms with van der Waals surface area (Å²) in [6.45, 7) is 27.4. The summed E-state index contributed by atoms with van der Waals surface area (Å²) in [6, 6.07) is 70.4. The highest BCUT2D eigenvalue weighted by atomic mass is 16.3. The van der Waals surface area contributed by atoms with Gasteiger partial charge in [-0.1, -0.05) is 186 Å². The second kappa shape index (κ2) is 18.8. The Labute approximate surface area is 465 Å². The molecule has 392 valence electrons. The van der Waals surface area contributed by atoms with Gasteiger partial charge in [0.25, 0.3) is 0 Å². The van der Waals surface area contributed by atoms with Gasteiger partial charge in [0.15, 0.2) is 0 Å². The minimum atomic E-state index is -0.0572. The van der Waals surface area contributed by atoms with E-state index in [0.29, 0.717) is 11.3 Å². The molecule has 5 nitrogen and oxygen atoms in total. The lowest BCUT2D eigenvalue weighted by atomic mass is 9.79. The largest absolute Gasteiger partial charge is 0.507 e. The van der Waals surface area contributed by atoms with Crippen molar-refractivity contribution in [1.29, 1.82) is 0 Å². The Morgan fingerprint density at radius 1 is 0.329 bits per heavy atom. The molecule has 4 heterocycles. The molecule has 12 rings (SSSR count). The van der Waals surface area contributed by atoms with Crippen LogP contribution in [-0.4, -0.2) is 24.2 Å². The molecule has 0 atom stereocenters. The van der Waals surface area contributed by atoms with Gasteiger partial charge in [-0.15, -0.1) is 0 Å². The number of para-hydroxylation sites is 3. The van der Waals surface area contributed by atoms with Crippen molar-refractivity contribution in [2.24, 2.45) is 0 Å². The van der Waals surface area contributed by atoms with Gasteiger partial charge in [-0.2, -0.15) is 0 Å². The number of pyridine rings is 2. The van der Waals surface area contributed by atoms with Crippen LogP contribution in [0, 0.1) is 0 Å². The zero-order valence-electron chi connectivity index (χ0n) is 47.8. The standard InChI is InChI=1S/C74H70N4O/c1-71(2,3)51-30-32-67-61(43-51)62-44-52(72(4,5)6)31-33-68(62)77(67)55-22-18-23-56(45-55)78-66-28-15-13-24-58(66)59-27-19-26-57(70(59)78)46-34-35-75-63(39-46)47-20-17-21-48(36-47)64-40-50(41-65(76-64)60-25-14-16-29-69(60)79)49-37-53(73(7,8)9)42-54(38-49)74(10,11)12/h13-45,79H,1-12H3. The van der Waals surface area contributed by atoms with Gasteiger partial charge in [-0.25, -0.2) is 4.98 Å². The lowest BCUT2D eigenvalue weighted by Crippen LogP contribution is -2.16. The van der Waals surface area contributed by atoms with E-state index in [1.165, 1.54) is 54.8 Å². The summed E-state index contributed by atoms with van der Waals surface area (Å²) in [5.41, 5.74) is 21.4. The molecule has 12 aromatic rings. The Bertz CT molecular complexity index is 4260. The molecule has 8 aromatic carbocycles. The SMILES string of the molecule is CC(C)(C)c1cc(-c2cc(-c3cccc(-c4cc(-c5cccc6c7ccccc7n(-c7cccc(-n8c9ccc(C(C)(C)C)cc9c9cc(C(C)(C)C)ccc98)c7)c56)ccn4)c3)nc(-c3ccccc3O)c2)cc(C(C)(C)C)c1. The monoisotopic (exact) mass is 1030 g/mol. The molecule has 0 aliphatic heterocycles. The first-order chi connectivity index (χ1) is 37.6. The molecule has 0 saturated heterocycles. The van der Waals surface area contributed by atoms with Crippen LogP contribution < -0.4 is 0 Å². The molecule has 0 aliphatic rings. The van der Waals surface area contributed by atoms with Crippen molar-refractivity contribution >= 4 is 43.6 Å². The number of phenols is 1. The maximum Gasteiger partial charge on any atom is 0.124 e. The number of benzene rings is 8. The van der Waals surface area contributed by atoms with Crippen molar-refractivity contribution in [2.75, 3.05) is 0 Å². The average molecular weight is 1030 g/mol. The third kappa shape index (κ3) is 9.39. The predicted octanol–water partition coefficient (Wildman–Crippen LogP) is 19.9. The number of phenolic OH excluding ortho intramolecular Hbond substituents is 1. The third-order valence-corrected chi connectivity index (χ3v) is 16.1. The molecule has 0 unspecified atom stereocenters. The fraction of sp³-hybridized carbons (Fsp3) is 0.216. The van der Waals surface area contributed by atoms with E-state index in [4.69, 9.17) is 9.97 Å². The van der Waals surface area contributed by atoms with E-state index in [-0.39, 0.29) is 27.4 Å². The van der Waals surface area contributed by atoms with Gasteiger partial charge >= 0.3 is 0 Å². The molecule has 0 aliphatic carbocycles. The summed E-state index contributed by atoms with van der Waals surface area (Å²) in [5, 5.41) is 16.2. The first-order valence-electron chi connectivity index (χ1n) is 27.8. The Hall–Kier alpha value is -8.54. The highest BCUT2D eigenvalue weighted by Gasteiger charge is 2.25. The Morgan fingerprint density at radius 2 is 0.835 bits per heavy atom. The molecule has 0 spiro atoms. The van der Waals surface area contributed by atoms with Crippen LogP contribution in [0.5, 0.6) is 5.75 Å². The van der Waals surface area contributed by atoms with E-state index >= 15 is 0 Å². The quantitative estimate of drug-likeness (QED) is 0.173. The fourth-order valence-corrected chi connectivity index (χ4v) is 11.5. The van der Waals surface area contributed by atoms with Gasteiger partial charge in [-0.3, -0.25) is 4.98 Å². The van der Waals surface area contributed by atoms with E-state index in [2.05, 4.69) is 262 Å². The van der Waals surface area contributed by atoms with Crippen LogP contribution in [-0.2, 0) is 21.7 Å². The average Bonchev–Trinajstić information content (AvgIpc) is 4.09. The number of hydrogen-bond acceptors (Lipinski definition) is 3. The molecule has 0 saturated carbocycles. The zero-order chi connectivity index (χ0) is 55.3. The Balaban J connectivity index is 0.989. The van der Waals surface area contributed by atoms with Crippen LogP contribution in [0.25, 0.3) is 111 Å². The summed E-state index contributed by atoms with van der Waals surface area (Å²) >= 11 is 0. The number of fused-ring (bicyclic) bond motifs is 6. The normalized spacial score (nSPS) is 12.6. The molecule has 1 N–H and O–H groups in total. The minimum Gasteiger partial charge on any atom is -0.507 e. The van der Waals surface area contributed by atoms with Gasteiger partial charge in [0.1, 0.15) is 5.75 Å². The van der Waals surface area contributed by atoms with Crippen LogP contribution in [0.1, 0.15) is 105 Å². The van der Waals surface area contributed by atoms with Gasteiger partial charge in [-0.05, 0) is 152 Å². The molecule has 5 heteroatoms. The van der Waals surface area contributed by atoms with Crippen LogP contribution in [0.3, 0.4) is 0 Å². The van der Waals surface area contributed by atoms with E-state index in [1.54, 1.807) is 6.07 Å². The second-order valence-corrected chi connectivity index (χ2v) is 25.8. The maximum atomic E-state index is 11.2. The smallest absolute Gasteiger partial charge is 0.124 e. The molecular weight excluding hydrogens is 961 g/mol. The van der Waals surface area contributed by atoms with E-state index in [1.807, 2.05) is 24.4 Å². The lowest BCUT2D eigenvalue weighted by Gasteiger charge is -2.26. The minimum absolute atomic E-state index is 0.0127. The van der Waals surface area contributed by atoms with Crippen LogP contribution in [0.15, 0.2) is 200 Å². The lowest BCUT2D eigenvalue weighted by molar-refractivity contribution is 0.477. The van der Waals surface area contributed by atoms with Crippen molar-refractivity contribution in [1.82, 2.24) is 19.1 Å². The number of aromatic nitrogens is 4. The van der Waals surface area contributed by atoms with Crippen molar-refractivity contribution < 1.29 is 5.11 Å². The first kappa shape index (κ1) is 51.2. The highest BCUT2D eigenvalue weighted by molar-refractivity contribution is 6.14. The summed E-state index contributed by atoms with van der Waals surface area (Å²) in [7, 11) is 0. The predicted molar refractivity (Wildman–Crippen MR) is 334 cm³/mol.